The van der Waals surface area contributed by atoms with E-state index in [1.807, 2.05) is 7.05 Å². The van der Waals surface area contributed by atoms with E-state index in [-0.39, 0.29) is 0 Å². The Labute approximate surface area is 117 Å². The molecule has 0 aliphatic rings. The van der Waals surface area contributed by atoms with Gasteiger partial charge in [0, 0.05) is 7.05 Å². The van der Waals surface area contributed by atoms with Crippen LogP contribution in [0.15, 0.2) is 0 Å². The van der Waals surface area contributed by atoms with Crippen LogP contribution in [0, 0.1) is 7.40 Å². The first kappa shape index (κ1) is 11.2. The zero-order valence-corrected chi connectivity index (χ0v) is 12.7. The molecule has 0 N–H and O–H groups in total. The number of fused-ring (bicyclic) bond motifs is 1. The van der Waals surface area contributed by atoms with Crippen molar-refractivity contribution in [3.63, 3.8) is 0 Å². The van der Waals surface area contributed by atoms with Gasteiger partial charge in [-0.25, -0.2) is 4.98 Å². The molecule has 0 atom stereocenters. The van der Waals surface area contributed by atoms with Gasteiger partial charge in [0.1, 0.15) is 12.9 Å². The molecule has 2 rings (SSSR count). The molecule has 7 heteroatoms. The molecule has 0 fully saturated rings. The summed E-state index contributed by atoms with van der Waals surface area (Å²) in [6.07, 6.45) is 0. The summed E-state index contributed by atoms with van der Waals surface area (Å²) in [7, 11) is 1.82. The molecule has 0 aliphatic carbocycles. The Morgan fingerprint density at radius 1 is 1.21 bits per heavy atom. The first-order valence-corrected chi connectivity index (χ1v) is 6.46. The molecule has 3 nitrogen and oxygen atoms in total. The van der Waals surface area contributed by atoms with Crippen LogP contribution in [0.4, 0.5) is 0 Å². The lowest BCUT2D eigenvalue weighted by atomic mass is 10.3. The minimum absolute atomic E-state index is 0.437. The van der Waals surface area contributed by atoms with Crippen LogP contribution in [0.1, 0.15) is 0 Å². The first-order valence-electron chi connectivity index (χ1n) is 3.55. The summed E-state index contributed by atoms with van der Waals surface area (Å²) in [5.74, 6) is 0. The highest BCUT2D eigenvalue weighted by Crippen LogP contribution is 2.33. The van der Waals surface area contributed by atoms with Gasteiger partial charge in [-0.2, -0.15) is 5.10 Å². The number of rotatable bonds is 0. The molecule has 0 aliphatic heterocycles. The van der Waals surface area contributed by atoms with Gasteiger partial charge in [-0.1, -0.05) is 23.2 Å². The average molecular weight is 454 g/mol. The summed E-state index contributed by atoms with van der Waals surface area (Å²) >= 11 is 16.3. The van der Waals surface area contributed by atoms with E-state index in [0.717, 1.165) is 14.6 Å². The van der Waals surface area contributed by atoms with Crippen LogP contribution in [0.2, 0.25) is 10.2 Å². The second kappa shape index (κ2) is 3.91. The number of halogens is 4. The zero-order chi connectivity index (χ0) is 10.5. The van der Waals surface area contributed by atoms with Crippen molar-refractivity contribution in [1.82, 2.24) is 14.8 Å². The van der Waals surface area contributed by atoms with Gasteiger partial charge in [-0.3, -0.25) is 4.68 Å². The molecule has 0 unspecified atom stereocenters. The quantitative estimate of drug-likeness (QED) is 0.452. The van der Waals surface area contributed by atoms with E-state index in [0.29, 0.717) is 13.9 Å². The molecule has 0 saturated carbocycles. The second-order valence-corrected chi connectivity index (χ2v) is 5.43. The molecule has 0 spiro atoms. The Kier molecular flexibility index (Phi) is 3.12. The van der Waals surface area contributed by atoms with Gasteiger partial charge in [0.25, 0.3) is 0 Å². The topological polar surface area (TPSA) is 30.7 Å². The SMILES string of the molecule is Cn1nc(I)c2c(Cl)c(I)nc(Cl)c21. The lowest BCUT2D eigenvalue weighted by Crippen LogP contribution is -1.92. The van der Waals surface area contributed by atoms with Crippen LogP contribution in [0.25, 0.3) is 10.9 Å². The number of pyridine rings is 1. The molecule has 2 aromatic rings. The molecule has 0 saturated heterocycles. The minimum Gasteiger partial charge on any atom is -0.264 e. The number of hydrogen-bond donors (Lipinski definition) is 0. The predicted molar refractivity (Wildman–Crippen MR) is 74.0 cm³/mol. The minimum atomic E-state index is 0.437. The van der Waals surface area contributed by atoms with E-state index in [1.165, 1.54) is 0 Å². The van der Waals surface area contributed by atoms with Crippen molar-refractivity contribution in [2.75, 3.05) is 0 Å². The monoisotopic (exact) mass is 453 g/mol. The van der Waals surface area contributed by atoms with Crippen molar-refractivity contribution >= 4 is 79.3 Å². The predicted octanol–water partition coefficient (Wildman–Crippen LogP) is 3.48. The Morgan fingerprint density at radius 2 is 1.86 bits per heavy atom. The number of nitrogens with zero attached hydrogens (tertiary/aromatic N) is 3. The van der Waals surface area contributed by atoms with Gasteiger partial charge in [0.2, 0.25) is 0 Å². The van der Waals surface area contributed by atoms with E-state index in [9.17, 15) is 0 Å². The smallest absolute Gasteiger partial charge is 0.156 e. The summed E-state index contributed by atoms with van der Waals surface area (Å²) in [5.41, 5.74) is 0.779. The van der Waals surface area contributed by atoms with Gasteiger partial charge in [0.05, 0.1) is 10.4 Å². The largest absolute Gasteiger partial charge is 0.264 e. The van der Waals surface area contributed by atoms with Crippen LogP contribution in [0.5, 0.6) is 0 Å². The van der Waals surface area contributed by atoms with E-state index in [1.54, 1.807) is 4.68 Å². The molecule has 0 aromatic carbocycles. The molecule has 0 amide bonds. The maximum absolute atomic E-state index is 6.13. The fourth-order valence-electron chi connectivity index (χ4n) is 1.21. The van der Waals surface area contributed by atoms with Gasteiger partial charge in [0.15, 0.2) is 5.15 Å². The normalized spacial score (nSPS) is 11.2. The third-order valence-corrected chi connectivity index (χ3v) is 4.28. The number of hydrogen-bond acceptors (Lipinski definition) is 2. The summed E-state index contributed by atoms with van der Waals surface area (Å²) in [6.45, 7) is 0. The highest BCUT2D eigenvalue weighted by Gasteiger charge is 2.16. The van der Waals surface area contributed by atoms with E-state index in [4.69, 9.17) is 23.2 Å². The van der Waals surface area contributed by atoms with Crippen LogP contribution >= 0.6 is 68.4 Å². The van der Waals surface area contributed by atoms with Crippen molar-refractivity contribution in [2.24, 2.45) is 7.05 Å². The van der Waals surface area contributed by atoms with Crippen LogP contribution in [0.3, 0.4) is 0 Å². The third kappa shape index (κ3) is 1.61. The molecule has 0 bridgehead atoms. The summed E-state index contributed by atoms with van der Waals surface area (Å²) in [6, 6.07) is 0. The number of aryl methyl sites for hydroxylation is 1. The highest BCUT2D eigenvalue weighted by molar-refractivity contribution is 14.1. The van der Waals surface area contributed by atoms with E-state index in [2.05, 4.69) is 55.3 Å². The van der Waals surface area contributed by atoms with Crippen LogP contribution < -0.4 is 0 Å². The molecule has 0 radical (unpaired) electrons. The standard InChI is InChI=1S/C7H3Cl2I2N3/c1-14-4-2(6(10)13-14)3(8)7(11)12-5(4)9/h1H3. The highest BCUT2D eigenvalue weighted by atomic mass is 127. The van der Waals surface area contributed by atoms with Crippen molar-refractivity contribution in [3.05, 3.63) is 17.6 Å². The van der Waals surface area contributed by atoms with Crippen molar-refractivity contribution in [2.45, 2.75) is 0 Å². The van der Waals surface area contributed by atoms with Gasteiger partial charge in [-0.05, 0) is 45.2 Å². The third-order valence-electron chi connectivity index (χ3n) is 1.80. The van der Waals surface area contributed by atoms with Crippen molar-refractivity contribution in [3.8, 4) is 0 Å². The molecule has 14 heavy (non-hydrogen) atoms. The van der Waals surface area contributed by atoms with Crippen LogP contribution in [-0.2, 0) is 7.05 Å². The van der Waals surface area contributed by atoms with Crippen molar-refractivity contribution < 1.29 is 0 Å². The fourth-order valence-corrected chi connectivity index (χ4v) is 3.40. The lowest BCUT2D eigenvalue weighted by Gasteiger charge is -2.00. The van der Waals surface area contributed by atoms with E-state index < -0.39 is 0 Å². The van der Waals surface area contributed by atoms with E-state index >= 15 is 0 Å². The average Bonchev–Trinajstić information content (AvgIpc) is 2.38. The Balaban J connectivity index is 3.05. The maximum Gasteiger partial charge on any atom is 0.156 e. The zero-order valence-electron chi connectivity index (χ0n) is 6.85. The van der Waals surface area contributed by atoms with Gasteiger partial charge >= 0.3 is 0 Å². The number of aromatic nitrogens is 3. The fraction of sp³-hybridized carbons (Fsp3) is 0.143. The molecular weight excluding hydrogens is 451 g/mol. The second-order valence-electron chi connectivity index (χ2n) is 2.65. The molecular formula is C7H3Cl2I2N3. The Bertz CT molecular complexity index is 523. The molecule has 2 aromatic heterocycles. The summed E-state index contributed by atoms with van der Waals surface area (Å²) < 4.78 is 3.23. The van der Waals surface area contributed by atoms with Gasteiger partial charge in [-0.15, -0.1) is 0 Å². The summed E-state index contributed by atoms with van der Waals surface area (Å²) in [4.78, 5) is 4.13. The Morgan fingerprint density at radius 3 is 2.50 bits per heavy atom. The molecule has 2 heterocycles. The maximum atomic E-state index is 6.13. The lowest BCUT2D eigenvalue weighted by molar-refractivity contribution is 0.786. The summed E-state index contributed by atoms with van der Waals surface area (Å²) in [5, 5.41) is 6.17. The first-order chi connectivity index (χ1) is 6.52. The van der Waals surface area contributed by atoms with Gasteiger partial charge < -0.3 is 0 Å². The molecule has 74 valence electrons. The van der Waals surface area contributed by atoms with Crippen LogP contribution in [-0.4, -0.2) is 14.8 Å². The van der Waals surface area contributed by atoms with Crippen molar-refractivity contribution in [1.29, 1.82) is 0 Å². The Hall–Kier alpha value is 0.660.